The molecular formula is C31H22N2O2S. The SMILES string of the molecule is Oc1cccc2ccc(Oc3cccc(C4=N[C@H]5Cc6ccccc6-c6ccccc6[C@@H]5S4)c3)nc12. The van der Waals surface area contributed by atoms with E-state index in [1.54, 1.807) is 12.1 Å². The third-order valence-electron chi connectivity index (χ3n) is 6.85. The lowest BCUT2D eigenvalue weighted by molar-refractivity contribution is 0.460. The van der Waals surface area contributed by atoms with E-state index >= 15 is 0 Å². The first-order valence-electron chi connectivity index (χ1n) is 12.0. The Kier molecular flexibility index (Phi) is 5.03. The molecule has 0 saturated heterocycles. The summed E-state index contributed by atoms with van der Waals surface area (Å²) >= 11 is 1.84. The number of phenols is 1. The summed E-state index contributed by atoms with van der Waals surface area (Å²) in [6, 6.07) is 34.7. The fraction of sp³-hybridized carbons (Fsp3) is 0.0968. The minimum atomic E-state index is 0.142. The summed E-state index contributed by atoms with van der Waals surface area (Å²) in [5.41, 5.74) is 6.91. The maximum atomic E-state index is 10.2. The average molecular weight is 487 g/mol. The fourth-order valence-corrected chi connectivity index (χ4v) is 6.52. The molecular weight excluding hydrogens is 464 g/mol. The van der Waals surface area contributed by atoms with Gasteiger partial charge in [-0.15, -0.1) is 0 Å². The molecule has 0 amide bonds. The van der Waals surface area contributed by atoms with E-state index in [0.29, 0.717) is 17.1 Å². The number of ether oxygens (including phenoxy) is 1. The Morgan fingerprint density at radius 3 is 2.58 bits per heavy atom. The second-order valence-electron chi connectivity index (χ2n) is 9.12. The van der Waals surface area contributed by atoms with E-state index < -0.39 is 0 Å². The van der Waals surface area contributed by atoms with Crippen LogP contribution in [0.1, 0.15) is 21.9 Å². The maximum absolute atomic E-state index is 10.2. The van der Waals surface area contributed by atoms with Gasteiger partial charge in [0, 0.05) is 17.0 Å². The van der Waals surface area contributed by atoms with Crippen LogP contribution in [0.5, 0.6) is 17.4 Å². The van der Waals surface area contributed by atoms with Crippen LogP contribution in [0.15, 0.2) is 108 Å². The molecule has 4 nitrogen and oxygen atoms in total. The first kappa shape index (κ1) is 21.2. The number of fused-ring (bicyclic) bond motifs is 6. The summed E-state index contributed by atoms with van der Waals surface area (Å²) in [5, 5.41) is 12.3. The summed E-state index contributed by atoms with van der Waals surface area (Å²) in [7, 11) is 0. The van der Waals surface area contributed by atoms with Gasteiger partial charge in [0.15, 0.2) is 0 Å². The molecule has 2 aliphatic rings. The first-order valence-corrected chi connectivity index (χ1v) is 12.9. The van der Waals surface area contributed by atoms with Crippen molar-refractivity contribution in [2.75, 3.05) is 0 Å². The third kappa shape index (κ3) is 3.64. The second-order valence-corrected chi connectivity index (χ2v) is 10.2. The van der Waals surface area contributed by atoms with Crippen molar-refractivity contribution in [1.29, 1.82) is 0 Å². The van der Waals surface area contributed by atoms with E-state index in [1.165, 1.54) is 22.3 Å². The largest absolute Gasteiger partial charge is 0.506 e. The van der Waals surface area contributed by atoms with E-state index in [9.17, 15) is 5.11 Å². The summed E-state index contributed by atoms with van der Waals surface area (Å²) < 4.78 is 6.10. The Bertz CT molecular complexity index is 1660. The highest BCUT2D eigenvalue weighted by Gasteiger charge is 2.36. The molecule has 0 unspecified atom stereocenters. The molecule has 0 radical (unpaired) electrons. The zero-order valence-corrected chi connectivity index (χ0v) is 20.2. The maximum Gasteiger partial charge on any atom is 0.219 e. The van der Waals surface area contributed by atoms with Gasteiger partial charge in [0.25, 0.3) is 0 Å². The van der Waals surface area contributed by atoms with E-state index in [4.69, 9.17) is 9.73 Å². The minimum absolute atomic E-state index is 0.142. The number of nitrogens with zero attached hydrogens (tertiary/aromatic N) is 2. The zero-order valence-electron chi connectivity index (χ0n) is 19.3. The van der Waals surface area contributed by atoms with Crippen LogP contribution in [0, 0.1) is 0 Å². The predicted octanol–water partition coefficient (Wildman–Crippen LogP) is 7.56. The normalized spacial score (nSPS) is 18.1. The van der Waals surface area contributed by atoms with E-state index in [0.717, 1.165) is 22.4 Å². The summed E-state index contributed by atoms with van der Waals surface area (Å²) in [4.78, 5) is 9.72. The van der Waals surface area contributed by atoms with Gasteiger partial charge in [0.05, 0.1) is 16.3 Å². The van der Waals surface area contributed by atoms with Gasteiger partial charge in [-0.3, -0.25) is 4.99 Å². The van der Waals surface area contributed by atoms with E-state index in [-0.39, 0.29) is 17.0 Å². The molecule has 0 spiro atoms. The second kappa shape index (κ2) is 8.54. The molecule has 4 aromatic carbocycles. The van der Waals surface area contributed by atoms with Crippen molar-refractivity contribution in [2.24, 2.45) is 4.99 Å². The standard InChI is InChI=1S/C31H22N2O2S/c34-27-14-6-8-19-15-16-28(33-29(19)27)35-22-10-5-9-21(17-22)31-32-26-18-20-7-1-2-11-23(20)24-12-3-4-13-25(24)30(26)36-31/h1-17,26,30,34H,18H2/t26-,30-/m0/s1. The van der Waals surface area contributed by atoms with Gasteiger partial charge in [0.1, 0.15) is 17.0 Å². The van der Waals surface area contributed by atoms with Gasteiger partial charge in [-0.1, -0.05) is 84.6 Å². The van der Waals surface area contributed by atoms with Gasteiger partial charge < -0.3 is 9.84 Å². The molecule has 36 heavy (non-hydrogen) atoms. The number of aliphatic imine (C=N–C) groups is 1. The molecule has 7 rings (SSSR count). The van der Waals surface area contributed by atoms with Crippen molar-refractivity contribution in [3.63, 3.8) is 0 Å². The van der Waals surface area contributed by atoms with Crippen LogP contribution >= 0.6 is 11.8 Å². The number of hydrogen-bond acceptors (Lipinski definition) is 5. The molecule has 0 fully saturated rings. The van der Waals surface area contributed by atoms with Crippen molar-refractivity contribution in [3.05, 3.63) is 120 Å². The Morgan fingerprint density at radius 2 is 1.64 bits per heavy atom. The minimum Gasteiger partial charge on any atom is -0.506 e. The Hall–Kier alpha value is -4.09. The Labute approximate surface area is 213 Å². The van der Waals surface area contributed by atoms with E-state index in [2.05, 4.69) is 59.6 Å². The van der Waals surface area contributed by atoms with Crippen molar-refractivity contribution < 1.29 is 9.84 Å². The molecule has 0 bridgehead atoms. The van der Waals surface area contributed by atoms with Crippen LogP contribution in [0.3, 0.4) is 0 Å². The lowest BCUT2D eigenvalue weighted by Crippen LogP contribution is -2.11. The van der Waals surface area contributed by atoms with Crippen LogP contribution in [0.25, 0.3) is 22.0 Å². The molecule has 2 atom stereocenters. The highest BCUT2D eigenvalue weighted by molar-refractivity contribution is 8.15. The molecule has 1 N–H and O–H groups in total. The summed E-state index contributed by atoms with van der Waals surface area (Å²) in [6.45, 7) is 0. The van der Waals surface area contributed by atoms with Crippen LogP contribution in [0.4, 0.5) is 0 Å². The average Bonchev–Trinajstić information content (AvgIpc) is 3.28. The topological polar surface area (TPSA) is 54.7 Å². The molecule has 5 aromatic rings. The monoisotopic (exact) mass is 486 g/mol. The Morgan fingerprint density at radius 1 is 0.806 bits per heavy atom. The molecule has 1 aliphatic heterocycles. The van der Waals surface area contributed by atoms with Gasteiger partial charge in [-0.25, -0.2) is 4.98 Å². The first-order chi connectivity index (χ1) is 17.7. The lowest BCUT2D eigenvalue weighted by atomic mass is 9.97. The fourth-order valence-electron chi connectivity index (χ4n) is 5.17. The number of phenolic OH excluding ortho intramolecular Hbond substituents is 1. The highest BCUT2D eigenvalue weighted by atomic mass is 32.2. The van der Waals surface area contributed by atoms with Crippen LogP contribution in [0.2, 0.25) is 0 Å². The van der Waals surface area contributed by atoms with Gasteiger partial charge >= 0.3 is 0 Å². The molecule has 1 aliphatic carbocycles. The van der Waals surface area contributed by atoms with Gasteiger partial charge in [-0.05, 0) is 52.9 Å². The lowest BCUT2D eigenvalue weighted by Gasteiger charge is -2.16. The van der Waals surface area contributed by atoms with Crippen molar-refractivity contribution in [2.45, 2.75) is 17.7 Å². The quantitative estimate of drug-likeness (QED) is 0.286. The smallest absolute Gasteiger partial charge is 0.219 e. The number of thioether (sulfide) groups is 1. The number of hydrogen-bond donors (Lipinski definition) is 1. The third-order valence-corrected chi connectivity index (χ3v) is 8.24. The van der Waals surface area contributed by atoms with Crippen molar-refractivity contribution in [1.82, 2.24) is 4.98 Å². The van der Waals surface area contributed by atoms with Crippen molar-refractivity contribution in [3.8, 4) is 28.5 Å². The number of aromatic hydroxyl groups is 1. The number of rotatable bonds is 3. The zero-order chi connectivity index (χ0) is 24.1. The van der Waals surface area contributed by atoms with Crippen LogP contribution in [-0.2, 0) is 6.42 Å². The summed E-state index contributed by atoms with van der Waals surface area (Å²) in [5.74, 6) is 1.28. The molecule has 5 heteroatoms. The molecule has 1 aromatic heterocycles. The van der Waals surface area contributed by atoms with Crippen LogP contribution < -0.4 is 4.74 Å². The van der Waals surface area contributed by atoms with E-state index in [1.807, 2.05) is 48.2 Å². The summed E-state index contributed by atoms with van der Waals surface area (Å²) in [6.07, 6.45) is 0.923. The predicted molar refractivity (Wildman–Crippen MR) is 146 cm³/mol. The van der Waals surface area contributed by atoms with Crippen molar-refractivity contribution >= 4 is 27.7 Å². The molecule has 174 valence electrons. The van der Waals surface area contributed by atoms with Gasteiger partial charge in [-0.2, -0.15) is 0 Å². The number of aromatic nitrogens is 1. The molecule has 2 heterocycles. The molecule has 0 saturated carbocycles. The number of benzene rings is 4. The van der Waals surface area contributed by atoms with Gasteiger partial charge in [0.2, 0.25) is 5.88 Å². The number of para-hydroxylation sites is 1. The van der Waals surface area contributed by atoms with Crippen LogP contribution in [-0.4, -0.2) is 21.2 Å². The Balaban J connectivity index is 1.21. The highest BCUT2D eigenvalue weighted by Crippen LogP contribution is 2.49. The number of pyridine rings is 1.